The molecule has 0 bridgehead atoms. The van der Waals surface area contributed by atoms with Crippen molar-refractivity contribution < 1.29 is 13.9 Å². The van der Waals surface area contributed by atoms with Crippen molar-refractivity contribution in [2.45, 2.75) is 51.7 Å². The third-order valence-electron chi connectivity index (χ3n) is 3.68. The first-order valence-corrected chi connectivity index (χ1v) is 6.51. The van der Waals surface area contributed by atoms with Crippen molar-refractivity contribution in [3.05, 3.63) is 23.2 Å². The Morgan fingerprint density at radius 1 is 1.33 bits per heavy atom. The van der Waals surface area contributed by atoms with E-state index in [1.165, 1.54) is 6.42 Å². The highest BCUT2D eigenvalue weighted by Gasteiger charge is 2.34. The number of furan rings is 1. The van der Waals surface area contributed by atoms with Crippen LogP contribution in [-0.4, -0.2) is 18.7 Å². The molecule has 4 nitrogen and oxygen atoms in total. The van der Waals surface area contributed by atoms with Gasteiger partial charge < -0.3 is 14.5 Å². The van der Waals surface area contributed by atoms with Gasteiger partial charge in [0.15, 0.2) is 0 Å². The largest absolute Gasteiger partial charge is 0.466 e. The highest BCUT2D eigenvalue weighted by atomic mass is 16.5. The summed E-state index contributed by atoms with van der Waals surface area (Å²) in [5, 5.41) is 3.03. The van der Waals surface area contributed by atoms with E-state index in [9.17, 15) is 4.79 Å². The van der Waals surface area contributed by atoms with Crippen LogP contribution in [0.3, 0.4) is 0 Å². The zero-order valence-electron chi connectivity index (χ0n) is 11.3. The Hall–Kier alpha value is -1.29. The molecular formula is C14H21NO3. The Kier molecular flexibility index (Phi) is 3.76. The zero-order valence-corrected chi connectivity index (χ0v) is 11.3. The number of carbonyl (C=O) groups is 1. The summed E-state index contributed by atoms with van der Waals surface area (Å²) in [5.41, 5.74) is 0.113. The second-order valence-electron chi connectivity index (χ2n) is 5.04. The van der Waals surface area contributed by atoms with Gasteiger partial charge in [0, 0.05) is 7.11 Å². The molecule has 1 heterocycles. The number of methoxy groups -OCH3 is 1. The summed E-state index contributed by atoms with van der Waals surface area (Å²) >= 11 is 0. The van der Waals surface area contributed by atoms with Crippen molar-refractivity contribution in [2.24, 2.45) is 0 Å². The van der Waals surface area contributed by atoms with Gasteiger partial charge in [0.1, 0.15) is 17.2 Å². The molecule has 1 aliphatic carbocycles. The van der Waals surface area contributed by atoms with Gasteiger partial charge in [-0.25, -0.2) is 0 Å². The minimum Gasteiger partial charge on any atom is -0.466 e. The van der Waals surface area contributed by atoms with Gasteiger partial charge >= 0.3 is 0 Å². The summed E-state index contributed by atoms with van der Waals surface area (Å²) in [6, 6.07) is 1.77. The molecule has 0 aromatic carbocycles. The van der Waals surface area contributed by atoms with E-state index in [0.717, 1.165) is 31.4 Å². The molecular weight excluding hydrogens is 230 g/mol. The van der Waals surface area contributed by atoms with E-state index >= 15 is 0 Å². The smallest absolute Gasteiger partial charge is 0.257 e. The average Bonchev–Trinajstić information content (AvgIpc) is 2.70. The highest BCUT2D eigenvalue weighted by Crippen LogP contribution is 2.29. The number of aryl methyl sites for hydroxylation is 2. The van der Waals surface area contributed by atoms with Crippen molar-refractivity contribution in [1.82, 2.24) is 5.32 Å². The molecule has 0 unspecified atom stereocenters. The van der Waals surface area contributed by atoms with E-state index in [-0.39, 0.29) is 5.91 Å². The van der Waals surface area contributed by atoms with Crippen LogP contribution in [0.4, 0.5) is 0 Å². The number of amides is 1. The molecule has 0 saturated heterocycles. The summed E-state index contributed by atoms with van der Waals surface area (Å²) in [4.78, 5) is 12.3. The molecule has 0 atom stereocenters. The second kappa shape index (κ2) is 5.14. The monoisotopic (exact) mass is 251 g/mol. The molecule has 0 aliphatic heterocycles. The van der Waals surface area contributed by atoms with E-state index in [1.807, 2.05) is 13.8 Å². The van der Waals surface area contributed by atoms with Crippen LogP contribution in [0.1, 0.15) is 54.0 Å². The Balaban J connectivity index is 2.12. The van der Waals surface area contributed by atoms with Crippen molar-refractivity contribution in [3.63, 3.8) is 0 Å². The molecule has 1 aliphatic rings. The predicted octanol–water partition coefficient (Wildman–Crippen LogP) is 2.93. The van der Waals surface area contributed by atoms with E-state index in [1.54, 1.807) is 13.2 Å². The Morgan fingerprint density at radius 2 is 2.00 bits per heavy atom. The lowest BCUT2D eigenvalue weighted by atomic mass is 9.91. The lowest BCUT2D eigenvalue weighted by molar-refractivity contribution is -0.0591. The van der Waals surface area contributed by atoms with Gasteiger partial charge in [-0.2, -0.15) is 0 Å². The number of nitrogens with one attached hydrogen (secondary N) is 1. The standard InChI is InChI=1S/C14H21NO3/c1-10-9-12(11(2)18-10)13(16)15-14(17-3)7-5-4-6-8-14/h9H,4-8H2,1-3H3,(H,15,16). The van der Waals surface area contributed by atoms with Crippen LogP contribution < -0.4 is 5.32 Å². The molecule has 1 amide bonds. The minimum absolute atomic E-state index is 0.104. The molecule has 2 rings (SSSR count). The van der Waals surface area contributed by atoms with Crippen molar-refractivity contribution in [3.8, 4) is 0 Å². The number of ether oxygens (including phenoxy) is 1. The van der Waals surface area contributed by atoms with E-state index in [2.05, 4.69) is 5.32 Å². The van der Waals surface area contributed by atoms with Gasteiger partial charge in [0.2, 0.25) is 0 Å². The van der Waals surface area contributed by atoms with Crippen LogP contribution in [-0.2, 0) is 4.74 Å². The first kappa shape index (κ1) is 13.1. The van der Waals surface area contributed by atoms with E-state index < -0.39 is 5.72 Å². The average molecular weight is 251 g/mol. The minimum atomic E-state index is -0.493. The number of carbonyl (C=O) groups excluding carboxylic acids is 1. The van der Waals surface area contributed by atoms with Crippen LogP contribution >= 0.6 is 0 Å². The second-order valence-corrected chi connectivity index (χ2v) is 5.04. The first-order valence-electron chi connectivity index (χ1n) is 6.51. The summed E-state index contributed by atoms with van der Waals surface area (Å²) in [6.07, 6.45) is 5.16. The first-order chi connectivity index (χ1) is 8.56. The maximum Gasteiger partial charge on any atom is 0.257 e. The van der Waals surface area contributed by atoms with Crippen LogP contribution in [0.15, 0.2) is 10.5 Å². The van der Waals surface area contributed by atoms with Crippen molar-refractivity contribution >= 4 is 5.91 Å². The summed E-state index contributed by atoms with van der Waals surface area (Å²) < 4.78 is 10.9. The van der Waals surface area contributed by atoms with Crippen molar-refractivity contribution in [2.75, 3.05) is 7.11 Å². The zero-order chi connectivity index (χ0) is 13.2. The number of hydrogen-bond acceptors (Lipinski definition) is 3. The maximum absolute atomic E-state index is 12.3. The maximum atomic E-state index is 12.3. The third-order valence-corrected chi connectivity index (χ3v) is 3.68. The Bertz CT molecular complexity index is 430. The van der Waals surface area contributed by atoms with Gasteiger partial charge in [0.25, 0.3) is 5.91 Å². The fourth-order valence-electron chi connectivity index (χ4n) is 2.63. The molecule has 4 heteroatoms. The number of hydrogen-bond donors (Lipinski definition) is 1. The Labute approximate surface area is 108 Å². The van der Waals surface area contributed by atoms with E-state index in [4.69, 9.17) is 9.15 Å². The van der Waals surface area contributed by atoms with Gasteiger partial charge in [-0.1, -0.05) is 6.42 Å². The highest BCUT2D eigenvalue weighted by molar-refractivity contribution is 5.95. The van der Waals surface area contributed by atoms with Gasteiger partial charge in [-0.3, -0.25) is 4.79 Å². The normalized spacial score (nSPS) is 18.6. The van der Waals surface area contributed by atoms with Crippen LogP contribution in [0.5, 0.6) is 0 Å². The van der Waals surface area contributed by atoms with Crippen LogP contribution in [0.25, 0.3) is 0 Å². The molecule has 1 aromatic heterocycles. The lowest BCUT2D eigenvalue weighted by Crippen LogP contribution is -2.51. The van der Waals surface area contributed by atoms with Crippen LogP contribution in [0.2, 0.25) is 0 Å². The lowest BCUT2D eigenvalue weighted by Gasteiger charge is -2.36. The summed E-state index contributed by atoms with van der Waals surface area (Å²) in [7, 11) is 1.67. The molecule has 1 N–H and O–H groups in total. The quantitative estimate of drug-likeness (QED) is 0.840. The topological polar surface area (TPSA) is 51.5 Å². The third kappa shape index (κ3) is 2.58. The molecule has 1 fully saturated rings. The van der Waals surface area contributed by atoms with Crippen LogP contribution in [0, 0.1) is 13.8 Å². The molecule has 18 heavy (non-hydrogen) atoms. The molecule has 1 aromatic rings. The van der Waals surface area contributed by atoms with Gasteiger partial charge in [-0.15, -0.1) is 0 Å². The number of rotatable bonds is 3. The molecule has 0 radical (unpaired) electrons. The Morgan fingerprint density at radius 3 is 2.50 bits per heavy atom. The molecule has 1 saturated carbocycles. The van der Waals surface area contributed by atoms with Crippen molar-refractivity contribution in [1.29, 1.82) is 0 Å². The van der Waals surface area contributed by atoms with Gasteiger partial charge in [-0.05, 0) is 45.6 Å². The summed E-state index contributed by atoms with van der Waals surface area (Å²) in [6.45, 7) is 3.65. The molecule has 100 valence electrons. The fraction of sp³-hybridized carbons (Fsp3) is 0.643. The fourth-order valence-corrected chi connectivity index (χ4v) is 2.63. The van der Waals surface area contributed by atoms with E-state index in [0.29, 0.717) is 11.3 Å². The predicted molar refractivity (Wildman–Crippen MR) is 68.5 cm³/mol. The van der Waals surface area contributed by atoms with Gasteiger partial charge in [0.05, 0.1) is 5.56 Å². The SMILES string of the molecule is COC1(NC(=O)c2cc(C)oc2C)CCCCC1. The summed E-state index contributed by atoms with van der Waals surface area (Å²) in [5.74, 6) is 1.31. The molecule has 0 spiro atoms.